The van der Waals surface area contributed by atoms with Crippen LogP contribution in [0.25, 0.3) is 0 Å². The van der Waals surface area contributed by atoms with Gasteiger partial charge in [-0.2, -0.15) is 0 Å². The van der Waals surface area contributed by atoms with Crippen molar-refractivity contribution in [3.8, 4) is 0 Å². The van der Waals surface area contributed by atoms with Crippen molar-refractivity contribution >= 4 is 35.4 Å². The Hall–Kier alpha value is -1.59. The van der Waals surface area contributed by atoms with Crippen LogP contribution in [-0.4, -0.2) is 64.4 Å². The van der Waals surface area contributed by atoms with E-state index in [0.29, 0.717) is 15.1 Å². The molecule has 0 aliphatic carbocycles. The Labute approximate surface area is 146 Å². The number of hydrogen-bond acceptors (Lipinski definition) is 8. The van der Waals surface area contributed by atoms with Crippen LogP contribution in [0.1, 0.15) is 13.8 Å². The standard InChI is InChI=1S/C13H17N5O4S2/c1-5-8-7(6(2)19)11(20)18(8)9(12(21)22)10(5)23-4-24-13-14-15-16-17(13)3/h5-8,19H,4H2,1-3H3,(H,21,22)/t5-,6-,7+,8-/m1/s1. The van der Waals surface area contributed by atoms with Crippen molar-refractivity contribution in [1.29, 1.82) is 0 Å². The minimum absolute atomic E-state index is 0.0380. The van der Waals surface area contributed by atoms with E-state index in [1.54, 1.807) is 14.0 Å². The molecule has 0 unspecified atom stereocenters. The normalized spacial score (nSPS) is 27.2. The van der Waals surface area contributed by atoms with Gasteiger partial charge in [0.25, 0.3) is 0 Å². The number of hydrogen-bond donors (Lipinski definition) is 2. The van der Waals surface area contributed by atoms with Crippen LogP contribution in [-0.2, 0) is 16.6 Å². The third-order valence-electron chi connectivity index (χ3n) is 4.29. The summed E-state index contributed by atoms with van der Waals surface area (Å²) in [5.74, 6) is -2.10. The van der Waals surface area contributed by atoms with Crippen LogP contribution in [0.5, 0.6) is 0 Å². The zero-order valence-corrected chi connectivity index (χ0v) is 14.9. The molecule has 11 heteroatoms. The minimum atomic E-state index is -1.12. The fourth-order valence-electron chi connectivity index (χ4n) is 3.20. The lowest BCUT2D eigenvalue weighted by atomic mass is 9.79. The van der Waals surface area contributed by atoms with Crippen LogP contribution >= 0.6 is 23.5 Å². The number of aryl methyl sites for hydroxylation is 1. The molecule has 2 N–H and O–H groups in total. The summed E-state index contributed by atoms with van der Waals surface area (Å²) in [5.41, 5.74) is 0.0380. The molecule has 2 aliphatic rings. The van der Waals surface area contributed by atoms with E-state index in [-0.39, 0.29) is 23.6 Å². The molecule has 1 amide bonds. The first-order chi connectivity index (χ1) is 11.3. The zero-order valence-electron chi connectivity index (χ0n) is 13.3. The molecule has 0 spiro atoms. The first-order valence-corrected chi connectivity index (χ1v) is 9.28. The number of carboxylic acids is 1. The van der Waals surface area contributed by atoms with Gasteiger partial charge in [0.15, 0.2) is 0 Å². The van der Waals surface area contributed by atoms with Crippen molar-refractivity contribution in [3.05, 3.63) is 10.6 Å². The predicted molar refractivity (Wildman–Crippen MR) is 86.7 cm³/mol. The third kappa shape index (κ3) is 2.60. The Morgan fingerprint density at radius 2 is 2.12 bits per heavy atom. The number of aliphatic hydroxyl groups is 1. The number of β-lactam (4-membered cyclic amide) rings is 1. The molecule has 0 saturated carbocycles. The zero-order chi connectivity index (χ0) is 17.6. The number of thioether (sulfide) groups is 2. The number of nitrogens with zero attached hydrogens (tertiary/aromatic N) is 5. The quantitative estimate of drug-likeness (QED) is 0.409. The molecule has 3 rings (SSSR count). The number of carbonyl (C=O) groups excluding carboxylic acids is 1. The number of tetrazole rings is 1. The van der Waals surface area contributed by atoms with E-state index < -0.39 is 18.0 Å². The molecule has 3 heterocycles. The van der Waals surface area contributed by atoms with Gasteiger partial charge in [-0.05, 0) is 17.4 Å². The summed E-state index contributed by atoms with van der Waals surface area (Å²) in [5, 5.41) is 31.6. The Morgan fingerprint density at radius 1 is 1.42 bits per heavy atom. The highest BCUT2D eigenvalue weighted by Crippen LogP contribution is 2.51. The maximum atomic E-state index is 12.2. The van der Waals surface area contributed by atoms with Crippen molar-refractivity contribution in [1.82, 2.24) is 25.1 Å². The van der Waals surface area contributed by atoms with Crippen LogP contribution in [0.4, 0.5) is 0 Å². The second-order valence-electron chi connectivity index (χ2n) is 5.76. The van der Waals surface area contributed by atoms with Crippen molar-refractivity contribution in [2.75, 3.05) is 5.08 Å². The Morgan fingerprint density at radius 3 is 2.67 bits per heavy atom. The maximum Gasteiger partial charge on any atom is 0.353 e. The molecule has 4 atom stereocenters. The van der Waals surface area contributed by atoms with Gasteiger partial charge in [-0.15, -0.1) is 16.9 Å². The molecule has 1 saturated heterocycles. The van der Waals surface area contributed by atoms with Crippen molar-refractivity contribution in [2.45, 2.75) is 31.1 Å². The van der Waals surface area contributed by atoms with Crippen molar-refractivity contribution < 1.29 is 19.8 Å². The Balaban J connectivity index is 1.77. The van der Waals surface area contributed by atoms with Crippen molar-refractivity contribution in [2.24, 2.45) is 18.9 Å². The van der Waals surface area contributed by atoms with E-state index in [1.165, 1.54) is 33.1 Å². The topological polar surface area (TPSA) is 121 Å². The van der Waals surface area contributed by atoms with Crippen LogP contribution in [0.15, 0.2) is 15.8 Å². The average molecular weight is 371 g/mol. The lowest BCUT2D eigenvalue weighted by Gasteiger charge is -2.46. The van der Waals surface area contributed by atoms with Crippen LogP contribution in [0.2, 0.25) is 0 Å². The maximum absolute atomic E-state index is 12.2. The van der Waals surface area contributed by atoms with E-state index in [9.17, 15) is 19.8 Å². The molecule has 0 radical (unpaired) electrons. The fraction of sp³-hybridized carbons (Fsp3) is 0.615. The molecule has 0 aromatic carbocycles. The highest BCUT2D eigenvalue weighted by atomic mass is 32.2. The monoisotopic (exact) mass is 371 g/mol. The van der Waals surface area contributed by atoms with Crippen LogP contribution in [0, 0.1) is 11.8 Å². The van der Waals surface area contributed by atoms with Gasteiger partial charge in [0.05, 0.1) is 23.1 Å². The first kappa shape index (κ1) is 17.2. The number of aliphatic hydroxyl groups excluding tert-OH is 1. The molecule has 1 aromatic heterocycles. The molecular formula is C13H17N5O4S2. The molecule has 130 valence electrons. The number of aromatic nitrogens is 4. The molecule has 1 fully saturated rings. The van der Waals surface area contributed by atoms with Gasteiger partial charge in [0.1, 0.15) is 5.70 Å². The predicted octanol–water partition coefficient (Wildman–Crippen LogP) is 0.147. The number of carbonyl (C=O) groups is 2. The smallest absolute Gasteiger partial charge is 0.353 e. The van der Waals surface area contributed by atoms with E-state index in [1.807, 2.05) is 6.92 Å². The number of fused-ring (bicyclic) bond motifs is 1. The Kier molecular flexibility index (Phi) is 4.58. The molecular weight excluding hydrogens is 354 g/mol. The minimum Gasteiger partial charge on any atom is -0.477 e. The SMILES string of the molecule is C[C@@H](O)[C@@H]1C(=O)N2C(C(=O)O)=C(SCSc3nnnn3C)[C@H](C)[C@H]12. The summed E-state index contributed by atoms with van der Waals surface area (Å²) < 4.78 is 1.54. The van der Waals surface area contributed by atoms with Gasteiger partial charge in [0.2, 0.25) is 11.1 Å². The Bertz CT molecular complexity index is 719. The van der Waals surface area contributed by atoms with Gasteiger partial charge < -0.3 is 15.1 Å². The molecule has 2 aliphatic heterocycles. The second-order valence-corrected chi connectivity index (χ2v) is 8.09. The summed E-state index contributed by atoms with van der Waals surface area (Å²) in [6.45, 7) is 3.46. The number of rotatable bonds is 6. The highest BCUT2D eigenvalue weighted by Gasteiger charge is 2.59. The molecule has 1 aromatic rings. The van der Waals surface area contributed by atoms with Gasteiger partial charge in [-0.1, -0.05) is 18.7 Å². The average Bonchev–Trinajstić information content (AvgIpc) is 3.00. The lowest BCUT2D eigenvalue weighted by Crippen LogP contribution is -2.63. The number of amides is 1. The van der Waals surface area contributed by atoms with Crippen LogP contribution < -0.4 is 0 Å². The van der Waals surface area contributed by atoms with Gasteiger partial charge >= 0.3 is 5.97 Å². The molecule has 0 bridgehead atoms. The summed E-state index contributed by atoms with van der Waals surface area (Å²) in [6.07, 6.45) is -0.792. The largest absolute Gasteiger partial charge is 0.477 e. The third-order valence-corrected chi connectivity index (χ3v) is 6.72. The molecule has 24 heavy (non-hydrogen) atoms. The summed E-state index contributed by atoms with van der Waals surface area (Å²) >= 11 is 2.77. The highest BCUT2D eigenvalue weighted by molar-refractivity contribution is 8.17. The summed E-state index contributed by atoms with van der Waals surface area (Å²) in [6, 6.07) is -0.285. The van der Waals surface area contributed by atoms with Gasteiger partial charge in [0, 0.05) is 17.9 Å². The second kappa shape index (κ2) is 6.37. The number of carboxylic acid groups (broad SMARTS) is 1. The van der Waals surface area contributed by atoms with E-state index in [4.69, 9.17) is 0 Å². The van der Waals surface area contributed by atoms with Gasteiger partial charge in [-0.25, -0.2) is 9.48 Å². The van der Waals surface area contributed by atoms with E-state index in [0.717, 1.165) is 0 Å². The van der Waals surface area contributed by atoms with Crippen LogP contribution in [0.3, 0.4) is 0 Å². The van der Waals surface area contributed by atoms with E-state index >= 15 is 0 Å². The summed E-state index contributed by atoms with van der Waals surface area (Å²) in [4.78, 5) is 25.8. The van der Waals surface area contributed by atoms with E-state index in [2.05, 4.69) is 15.5 Å². The lowest BCUT2D eigenvalue weighted by molar-refractivity contribution is -0.163. The fourth-order valence-corrected chi connectivity index (χ4v) is 5.41. The summed E-state index contributed by atoms with van der Waals surface area (Å²) in [7, 11) is 1.73. The number of aliphatic carboxylic acids is 1. The van der Waals surface area contributed by atoms with Crippen molar-refractivity contribution in [3.63, 3.8) is 0 Å². The first-order valence-electron chi connectivity index (χ1n) is 7.31. The van der Waals surface area contributed by atoms with Gasteiger partial charge in [-0.3, -0.25) is 4.79 Å². The molecule has 9 nitrogen and oxygen atoms in total.